The van der Waals surface area contributed by atoms with Gasteiger partial charge in [-0.3, -0.25) is 4.79 Å². The summed E-state index contributed by atoms with van der Waals surface area (Å²) in [6.07, 6.45) is 0. The Hall–Kier alpha value is -2.47. The van der Waals surface area contributed by atoms with Crippen LogP contribution in [0.25, 0.3) is 0 Å². The van der Waals surface area contributed by atoms with Crippen molar-refractivity contribution in [2.24, 2.45) is 0 Å². The number of halogens is 1. The maximum Gasteiger partial charge on any atom is 0.239 e. The smallest absolute Gasteiger partial charge is 0.239 e. The molecule has 0 aliphatic heterocycles. The standard InChI is InChI=1S/C15H17ClN4O2/c1-22-11-4-2-10(3-5-11)9-18-13-7-6-12(15(17)20-13)19-14(21)8-16/h2-7H,8-9H2,1H3,(H,19,21)(H3,17,18,20). The van der Waals surface area contributed by atoms with E-state index in [1.165, 1.54) is 0 Å². The summed E-state index contributed by atoms with van der Waals surface area (Å²) in [6, 6.07) is 11.1. The molecule has 0 bridgehead atoms. The van der Waals surface area contributed by atoms with Gasteiger partial charge in [-0.2, -0.15) is 0 Å². The van der Waals surface area contributed by atoms with Crippen molar-refractivity contribution in [1.29, 1.82) is 0 Å². The third-order valence-corrected chi connectivity index (χ3v) is 3.20. The minimum atomic E-state index is -0.325. The molecule has 1 aromatic carbocycles. The van der Waals surface area contributed by atoms with Crippen LogP contribution < -0.4 is 21.1 Å². The van der Waals surface area contributed by atoms with Crippen LogP contribution in [0.3, 0.4) is 0 Å². The van der Waals surface area contributed by atoms with Gasteiger partial charge in [0.2, 0.25) is 5.91 Å². The Bertz CT molecular complexity index is 646. The number of carbonyl (C=O) groups excluding carboxylic acids is 1. The van der Waals surface area contributed by atoms with E-state index < -0.39 is 0 Å². The van der Waals surface area contributed by atoms with Crippen molar-refractivity contribution in [2.45, 2.75) is 6.54 Å². The molecule has 4 N–H and O–H groups in total. The Morgan fingerprint density at radius 1 is 1.27 bits per heavy atom. The molecule has 1 heterocycles. The third-order valence-electron chi connectivity index (χ3n) is 2.95. The van der Waals surface area contributed by atoms with E-state index in [-0.39, 0.29) is 17.6 Å². The first-order chi connectivity index (χ1) is 10.6. The van der Waals surface area contributed by atoms with Gasteiger partial charge in [0, 0.05) is 6.54 Å². The molecule has 0 atom stereocenters. The predicted molar refractivity (Wildman–Crippen MR) is 88.3 cm³/mol. The van der Waals surface area contributed by atoms with Gasteiger partial charge >= 0.3 is 0 Å². The van der Waals surface area contributed by atoms with E-state index in [2.05, 4.69) is 15.6 Å². The van der Waals surface area contributed by atoms with Crippen LogP contribution in [-0.2, 0) is 11.3 Å². The van der Waals surface area contributed by atoms with Crippen molar-refractivity contribution in [1.82, 2.24) is 4.98 Å². The summed E-state index contributed by atoms with van der Waals surface area (Å²) in [7, 11) is 1.63. The highest BCUT2D eigenvalue weighted by Crippen LogP contribution is 2.19. The van der Waals surface area contributed by atoms with Gasteiger partial charge in [-0.05, 0) is 29.8 Å². The molecule has 1 amide bonds. The van der Waals surface area contributed by atoms with Crippen LogP contribution in [0.15, 0.2) is 36.4 Å². The van der Waals surface area contributed by atoms with Crippen LogP contribution in [0.5, 0.6) is 5.75 Å². The maximum atomic E-state index is 11.2. The second-order valence-corrected chi connectivity index (χ2v) is 4.78. The number of aromatic nitrogens is 1. The number of hydrogen-bond donors (Lipinski definition) is 3. The number of carbonyl (C=O) groups is 1. The SMILES string of the molecule is COc1ccc(CNc2ccc(NC(=O)CCl)c(N)n2)cc1. The average Bonchev–Trinajstić information content (AvgIpc) is 2.55. The molecular weight excluding hydrogens is 304 g/mol. The Labute approximate surface area is 133 Å². The van der Waals surface area contributed by atoms with E-state index in [9.17, 15) is 4.79 Å². The molecule has 0 saturated carbocycles. The van der Waals surface area contributed by atoms with Crippen molar-refractivity contribution in [3.63, 3.8) is 0 Å². The molecule has 116 valence electrons. The lowest BCUT2D eigenvalue weighted by Gasteiger charge is -2.10. The van der Waals surface area contributed by atoms with E-state index in [1.54, 1.807) is 19.2 Å². The largest absolute Gasteiger partial charge is 0.497 e. The van der Waals surface area contributed by atoms with Gasteiger partial charge in [-0.15, -0.1) is 11.6 Å². The number of amides is 1. The highest BCUT2D eigenvalue weighted by atomic mass is 35.5. The molecule has 2 aromatic rings. The van der Waals surface area contributed by atoms with Crippen molar-refractivity contribution >= 4 is 34.8 Å². The van der Waals surface area contributed by atoms with E-state index >= 15 is 0 Å². The maximum absolute atomic E-state index is 11.2. The van der Waals surface area contributed by atoms with Crippen molar-refractivity contribution < 1.29 is 9.53 Å². The number of methoxy groups -OCH3 is 1. The van der Waals surface area contributed by atoms with Crippen LogP contribution in [0.4, 0.5) is 17.3 Å². The summed E-state index contributed by atoms with van der Waals surface area (Å²) in [4.78, 5) is 15.4. The number of nitrogen functional groups attached to an aromatic ring is 1. The molecule has 0 fully saturated rings. The Morgan fingerprint density at radius 3 is 2.59 bits per heavy atom. The van der Waals surface area contributed by atoms with Gasteiger partial charge < -0.3 is 21.1 Å². The van der Waals surface area contributed by atoms with E-state index in [4.69, 9.17) is 22.1 Å². The zero-order valence-corrected chi connectivity index (χ0v) is 12.9. The van der Waals surface area contributed by atoms with E-state index in [0.29, 0.717) is 18.1 Å². The fourth-order valence-corrected chi connectivity index (χ4v) is 1.87. The minimum absolute atomic E-state index is 0.128. The van der Waals surface area contributed by atoms with Gasteiger partial charge in [0.15, 0.2) is 0 Å². The number of benzene rings is 1. The molecule has 0 spiro atoms. The highest BCUT2D eigenvalue weighted by Gasteiger charge is 2.06. The summed E-state index contributed by atoms with van der Waals surface area (Å²) >= 11 is 5.43. The summed E-state index contributed by atoms with van der Waals surface area (Å²) in [6.45, 7) is 0.601. The Balaban J connectivity index is 1.98. The molecular formula is C15H17ClN4O2. The molecule has 2 rings (SSSR count). The van der Waals surface area contributed by atoms with Gasteiger partial charge in [0.05, 0.1) is 12.8 Å². The summed E-state index contributed by atoms with van der Waals surface area (Å²) in [5, 5.41) is 5.74. The van der Waals surface area contributed by atoms with Gasteiger partial charge in [-0.25, -0.2) is 4.98 Å². The van der Waals surface area contributed by atoms with E-state index in [1.807, 2.05) is 24.3 Å². The van der Waals surface area contributed by atoms with Gasteiger partial charge in [0.25, 0.3) is 0 Å². The lowest BCUT2D eigenvalue weighted by molar-refractivity contribution is -0.113. The molecule has 0 radical (unpaired) electrons. The van der Waals surface area contributed by atoms with Crippen LogP contribution in [0.2, 0.25) is 0 Å². The Morgan fingerprint density at radius 2 is 2.00 bits per heavy atom. The van der Waals surface area contributed by atoms with Crippen LogP contribution in [0.1, 0.15) is 5.56 Å². The van der Waals surface area contributed by atoms with Crippen LogP contribution in [0, 0.1) is 0 Å². The lowest BCUT2D eigenvalue weighted by Crippen LogP contribution is -2.14. The number of nitrogens with zero attached hydrogens (tertiary/aromatic N) is 1. The zero-order chi connectivity index (χ0) is 15.9. The normalized spacial score (nSPS) is 10.1. The molecule has 1 aromatic heterocycles. The monoisotopic (exact) mass is 320 g/mol. The summed E-state index contributed by atoms with van der Waals surface area (Å²) in [5.74, 6) is 1.21. The van der Waals surface area contributed by atoms with Crippen molar-refractivity contribution in [3.8, 4) is 5.75 Å². The van der Waals surface area contributed by atoms with Crippen LogP contribution >= 0.6 is 11.6 Å². The number of rotatable bonds is 6. The molecule has 22 heavy (non-hydrogen) atoms. The average molecular weight is 321 g/mol. The number of alkyl halides is 1. The fraction of sp³-hybridized carbons (Fsp3) is 0.200. The van der Waals surface area contributed by atoms with Crippen molar-refractivity contribution in [2.75, 3.05) is 29.4 Å². The number of nitrogens with one attached hydrogen (secondary N) is 2. The predicted octanol–water partition coefficient (Wildman–Crippen LogP) is 2.46. The first-order valence-electron chi connectivity index (χ1n) is 6.61. The molecule has 6 nitrogen and oxygen atoms in total. The minimum Gasteiger partial charge on any atom is -0.497 e. The van der Waals surface area contributed by atoms with E-state index in [0.717, 1.165) is 11.3 Å². The summed E-state index contributed by atoms with van der Waals surface area (Å²) < 4.78 is 5.11. The third kappa shape index (κ3) is 4.26. The van der Waals surface area contributed by atoms with Gasteiger partial charge in [0.1, 0.15) is 23.3 Å². The number of pyridine rings is 1. The van der Waals surface area contributed by atoms with Crippen LogP contribution in [-0.4, -0.2) is 23.9 Å². The first-order valence-corrected chi connectivity index (χ1v) is 7.15. The second kappa shape index (κ2) is 7.51. The van der Waals surface area contributed by atoms with Gasteiger partial charge in [-0.1, -0.05) is 12.1 Å². The molecule has 0 saturated heterocycles. The molecule has 7 heteroatoms. The second-order valence-electron chi connectivity index (χ2n) is 4.51. The lowest BCUT2D eigenvalue weighted by atomic mass is 10.2. The van der Waals surface area contributed by atoms with Crippen molar-refractivity contribution in [3.05, 3.63) is 42.0 Å². The zero-order valence-electron chi connectivity index (χ0n) is 12.1. The molecule has 0 unspecified atom stereocenters. The number of ether oxygens (including phenoxy) is 1. The quantitative estimate of drug-likeness (QED) is 0.711. The highest BCUT2D eigenvalue weighted by molar-refractivity contribution is 6.29. The number of nitrogens with two attached hydrogens (primary N) is 1. The number of anilines is 3. The summed E-state index contributed by atoms with van der Waals surface area (Å²) in [5.41, 5.74) is 7.33. The first kappa shape index (κ1) is 15.9. The molecule has 0 aliphatic carbocycles. The fourth-order valence-electron chi connectivity index (χ4n) is 1.80. The Kier molecular flexibility index (Phi) is 5.43. The molecule has 0 aliphatic rings. The number of hydrogen-bond acceptors (Lipinski definition) is 5. The topological polar surface area (TPSA) is 89.3 Å².